The molecule has 0 atom stereocenters. The number of benzene rings is 2. The molecule has 0 unspecified atom stereocenters. The van der Waals surface area contributed by atoms with Gasteiger partial charge in [0.25, 0.3) is 0 Å². The number of oxime groups is 1. The fraction of sp³-hybridized carbons (Fsp3) is 0.0714. The molecule has 0 heterocycles. The Hall–Kier alpha value is -1.46. The number of rotatable bonds is 3. The smallest absolute Gasteiger partial charge is 0.171 e. The van der Waals surface area contributed by atoms with Gasteiger partial charge in [0.15, 0.2) is 5.84 Å². The molecule has 19 heavy (non-hydrogen) atoms. The number of nitrogens with zero attached hydrogens (tertiary/aromatic N) is 1. The molecule has 0 aliphatic heterocycles. The first-order valence-corrected chi connectivity index (χ1v) is 7.23. The van der Waals surface area contributed by atoms with Crippen molar-refractivity contribution in [2.45, 2.75) is 16.7 Å². The van der Waals surface area contributed by atoms with Crippen molar-refractivity contribution in [2.75, 3.05) is 0 Å². The van der Waals surface area contributed by atoms with Crippen LogP contribution in [0.1, 0.15) is 11.1 Å². The van der Waals surface area contributed by atoms with E-state index in [2.05, 4.69) is 40.1 Å². The van der Waals surface area contributed by atoms with Gasteiger partial charge in [-0.3, -0.25) is 0 Å². The van der Waals surface area contributed by atoms with Gasteiger partial charge in [-0.15, -0.1) is 0 Å². The minimum Gasteiger partial charge on any atom is -0.409 e. The summed E-state index contributed by atoms with van der Waals surface area (Å²) in [4.78, 5) is 2.31. The first-order valence-electron chi connectivity index (χ1n) is 5.62. The summed E-state index contributed by atoms with van der Waals surface area (Å²) in [6.07, 6.45) is 0. The van der Waals surface area contributed by atoms with Gasteiger partial charge in [-0.25, -0.2) is 0 Å². The largest absolute Gasteiger partial charge is 0.409 e. The van der Waals surface area contributed by atoms with E-state index in [1.54, 1.807) is 11.8 Å². The lowest BCUT2D eigenvalue weighted by Crippen LogP contribution is -2.13. The summed E-state index contributed by atoms with van der Waals surface area (Å²) < 4.78 is 0.807. The number of halogens is 1. The van der Waals surface area contributed by atoms with Crippen molar-refractivity contribution in [3.05, 3.63) is 58.1 Å². The minimum atomic E-state index is 0.0966. The van der Waals surface area contributed by atoms with Crippen LogP contribution in [-0.4, -0.2) is 11.0 Å². The zero-order valence-electron chi connectivity index (χ0n) is 10.3. The molecule has 0 radical (unpaired) electrons. The van der Waals surface area contributed by atoms with Gasteiger partial charge >= 0.3 is 0 Å². The highest BCUT2D eigenvalue weighted by Crippen LogP contribution is 2.32. The Kier molecular flexibility index (Phi) is 4.50. The van der Waals surface area contributed by atoms with E-state index in [-0.39, 0.29) is 5.84 Å². The normalized spacial score (nSPS) is 11.6. The number of hydrogen-bond acceptors (Lipinski definition) is 3. The zero-order valence-corrected chi connectivity index (χ0v) is 12.7. The molecule has 0 spiro atoms. The highest BCUT2D eigenvalue weighted by molar-refractivity contribution is 9.10. The van der Waals surface area contributed by atoms with Gasteiger partial charge in [-0.2, -0.15) is 0 Å². The van der Waals surface area contributed by atoms with E-state index in [1.165, 1.54) is 10.5 Å². The summed E-state index contributed by atoms with van der Waals surface area (Å²) in [5.74, 6) is 0.0966. The molecule has 2 rings (SSSR count). The first-order chi connectivity index (χ1) is 9.11. The Morgan fingerprint density at radius 1 is 1.26 bits per heavy atom. The Balaban J connectivity index is 2.29. The van der Waals surface area contributed by atoms with Gasteiger partial charge < -0.3 is 10.9 Å². The average molecular weight is 337 g/mol. The number of amidine groups is 1. The molecule has 2 aromatic rings. The Bertz CT molecular complexity index is 629. The van der Waals surface area contributed by atoms with E-state index in [0.717, 1.165) is 9.37 Å². The maximum absolute atomic E-state index is 8.69. The second-order valence-electron chi connectivity index (χ2n) is 3.99. The van der Waals surface area contributed by atoms with E-state index in [9.17, 15) is 0 Å². The van der Waals surface area contributed by atoms with Crippen molar-refractivity contribution in [1.82, 2.24) is 0 Å². The van der Waals surface area contributed by atoms with Gasteiger partial charge in [-0.05, 0) is 52.7 Å². The van der Waals surface area contributed by atoms with Crippen molar-refractivity contribution in [1.29, 1.82) is 0 Å². The number of hydrogen-bond donors (Lipinski definition) is 2. The second kappa shape index (κ2) is 6.12. The first kappa shape index (κ1) is 14.0. The van der Waals surface area contributed by atoms with Gasteiger partial charge in [0.05, 0.1) is 0 Å². The minimum absolute atomic E-state index is 0.0966. The molecule has 2 aromatic carbocycles. The van der Waals surface area contributed by atoms with Crippen LogP contribution in [0.4, 0.5) is 0 Å². The number of aryl methyl sites for hydroxylation is 1. The Morgan fingerprint density at radius 3 is 2.63 bits per heavy atom. The highest BCUT2D eigenvalue weighted by Gasteiger charge is 2.07. The molecule has 0 aliphatic carbocycles. The van der Waals surface area contributed by atoms with Crippen LogP contribution in [0.15, 0.2) is 61.9 Å². The van der Waals surface area contributed by atoms with Gasteiger partial charge in [0, 0.05) is 19.8 Å². The molecular formula is C14H13BrN2OS. The molecule has 98 valence electrons. The molecule has 0 aromatic heterocycles. The van der Waals surface area contributed by atoms with Crippen molar-refractivity contribution >= 4 is 33.5 Å². The fourth-order valence-corrected chi connectivity index (χ4v) is 3.29. The van der Waals surface area contributed by atoms with Crippen LogP contribution in [0.2, 0.25) is 0 Å². The molecule has 3 nitrogen and oxygen atoms in total. The van der Waals surface area contributed by atoms with Gasteiger partial charge in [-0.1, -0.05) is 35.1 Å². The van der Waals surface area contributed by atoms with E-state index in [4.69, 9.17) is 10.9 Å². The van der Waals surface area contributed by atoms with Crippen LogP contribution >= 0.6 is 27.7 Å². The third-order valence-corrected chi connectivity index (χ3v) is 4.47. The van der Waals surface area contributed by atoms with Crippen LogP contribution in [-0.2, 0) is 0 Å². The van der Waals surface area contributed by atoms with Crippen molar-refractivity contribution in [3.63, 3.8) is 0 Å². The second-order valence-corrected chi connectivity index (χ2v) is 5.96. The predicted octanol–water partition coefficient (Wildman–Crippen LogP) is 4.00. The molecule has 0 saturated heterocycles. The summed E-state index contributed by atoms with van der Waals surface area (Å²) in [5.41, 5.74) is 7.50. The third-order valence-electron chi connectivity index (χ3n) is 2.65. The fourth-order valence-electron chi connectivity index (χ4n) is 1.62. The Labute approximate surface area is 124 Å². The third kappa shape index (κ3) is 3.30. The van der Waals surface area contributed by atoms with Crippen LogP contribution < -0.4 is 5.73 Å². The quantitative estimate of drug-likeness (QED) is 0.385. The number of nitrogens with two attached hydrogens (primary N) is 1. The van der Waals surface area contributed by atoms with Gasteiger partial charge in [0.2, 0.25) is 0 Å². The van der Waals surface area contributed by atoms with Crippen molar-refractivity contribution < 1.29 is 5.21 Å². The van der Waals surface area contributed by atoms with Crippen molar-refractivity contribution in [2.24, 2.45) is 10.9 Å². The van der Waals surface area contributed by atoms with Crippen LogP contribution in [0.3, 0.4) is 0 Å². The summed E-state index contributed by atoms with van der Waals surface area (Å²) >= 11 is 5.12. The van der Waals surface area contributed by atoms with Crippen LogP contribution in [0.5, 0.6) is 0 Å². The molecule has 0 amide bonds. The lowest BCUT2D eigenvalue weighted by Gasteiger charge is -2.08. The Morgan fingerprint density at radius 2 is 2.00 bits per heavy atom. The summed E-state index contributed by atoms with van der Waals surface area (Å²) in [6.45, 7) is 2.09. The van der Waals surface area contributed by atoms with Crippen LogP contribution in [0, 0.1) is 6.92 Å². The molecule has 0 fully saturated rings. The zero-order chi connectivity index (χ0) is 13.8. The van der Waals surface area contributed by atoms with E-state index < -0.39 is 0 Å². The lowest BCUT2D eigenvalue weighted by molar-refractivity contribution is 0.318. The summed E-state index contributed by atoms with van der Waals surface area (Å²) in [6, 6.07) is 14.0. The maximum Gasteiger partial charge on any atom is 0.171 e. The van der Waals surface area contributed by atoms with Gasteiger partial charge in [0.1, 0.15) is 0 Å². The van der Waals surface area contributed by atoms with Crippen molar-refractivity contribution in [3.8, 4) is 0 Å². The average Bonchev–Trinajstić information content (AvgIpc) is 2.41. The molecule has 0 saturated carbocycles. The SMILES string of the molecule is Cc1ccccc1Sc1ccc(/C(N)=N/O)c(Br)c1. The topological polar surface area (TPSA) is 58.6 Å². The summed E-state index contributed by atoms with van der Waals surface area (Å²) in [7, 11) is 0. The molecular weight excluding hydrogens is 324 g/mol. The maximum atomic E-state index is 8.69. The molecule has 0 bridgehead atoms. The molecule has 5 heteroatoms. The monoisotopic (exact) mass is 336 g/mol. The van der Waals surface area contributed by atoms with E-state index in [0.29, 0.717) is 5.56 Å². The van der Waals surface area contributed by atoms with E-state index in [1.807, 2.05) is 30.3 Å². The summed E-state index contributed by atoms with van der Waals surface area (Å²) in [5, 5.41) is 11.7. The standard InChI is InChI=1S/C14H13BrN2OS/c1-9-4-2-3-5-13(9)19-10-6-7-11(12(15)8-10)14(16)17-18/h2-8,18H,1H3,(H2,16,17). The predicted molar refractivity (Wildman–Crippen MR) is 82.0 cm³/mol. The molecule has 0 aliphatic rings. The van der Waals surface area contributed by atoms with E-state index >= 15 is 0 Å². The van der Waals surface area contributed by atoms with Crippen LogP contribution in [0.25, 0.3) is 0 Å². The highest BCUT2D eigenvalue weighted by atomic mass is 79.9. The molecule has 3 N–H and O–H groups in total. The lowest BCUT2D eigenvalue weighted by atomic mass is 10.2.